The molecule has 2 bridgehead atoms. The molecule has 3 unspecified atom stereocenters. The predicted octanol–water partition coefficient (Wildman–Crippen LogP) is 4.35. The highest BCUT2D eigenvalue weighted by molar-refractivity contribution is 6.20. The molecule has 0 radical (unpaired) electrons. The van der Waals surface area contributed by atoms with Crippen molar-refractivity contribution in [2.75, 3.05) is 0 Å². The number of hydrogen-bond acceptors (Lipinski definition) is 0. The van der Waals surface area contributed by atoms with Crippen molar-refractivity contribution in [2.24, 2.45) is 0 Å². The van der Waals surface area contributed by atoms with Gasteiger partial charge in [-0.25, -0.2) is 0 Å². The van der Waals surface area contributed by atoms with Gasteiger partial charge in [0.1, 0.15) is 0 Å². The van der Waals surface area contributed by atoms with Gasteiger partial charge in [0, 0.05) is 0 Å². The van der Waals surface area contributed by atoms with Crippen LogP contribution in [0.25, 0.3) is 0 Å². The van der Waals surface area contributed by atoms with Crippen molar-refractivity contribution in [1.82, 2.24) is 0 Å². The van der Waals surface area contributed by atoms with Crippen LogP contribution < -0.4 is 0 Å². The second kappa shape index (κ2) is 3.00. The van der Waals surface area contributed by atoms with Gasteiger partial charge in [-0.1, -0.05) is 18.2 Å². The van der Waals surface area contributed by atoms with Crippen molar-refractivity contribution >= 4 is 11.6 Å². The zero-order valence-electron chi connectivity index (χ0n) is 8.46. The van der Waals surface area contributed by atoms with E-state index in [1.54, 1.807) is 11.1 Å². The Morgan fingerprint density at radius 3 is 2.64 bits per heavy atom. The molecule has 74 valence electrons. The third-order valence-electron chi connectivity index (χ3n) is 3.88. The van der Waals surface area contributed by atoms with Gasteiger partial charge in [0.2, 0.25) is 0 Å². The summed E-state index contributed by atoms with van der Waals surface area (Å²) in [5, 5.41) is 0.152. The molecule has 3 atom stereocenters. The minimum absolute atomic E-state index is 0.152. The van der Waals surface area contributed by atoms with Gasteiger partial charge in [-0.05, 0) is 54.7 Å². The number of hydrogen-bond donors (Lipinski definition) is 0. The quantitative estimate of drug-likeness (QED) is 0.600. The lowest BCUT2D eigenvalue weighted by atomic mass is 9.90. The molecule has 1 aromatic rings. The molecule has 1 saturated carbocycles. The molecule has 2 aliphatic carbocycles. The van der Waals surface area contributed by atoms with E-state index in [0.717, 1.165) is 11.8 Å². The fourth-order valence-electron chi connectivity index (χ4n) is 3.11. The number of benzene rings is 1. The second-order valence-electron chi connectivity index (χ2n) is 4.71. The van der Waals surface area contributed by atoms with Crippen LogP contribution in [0.2, 0.25) is 0 Å². The molecule has 0 aliphatic heterocycles. The monoisotopic (exact) mass is 206 g/mol. The summed E-state index contributed by atoms with van der Waals surface area (Å²) in [6.45, 7) is 2.05. The van der Waals surface area contributed by atoms with E-state index in [1.807, 2.05) is 0 Å². The summed E-state index contributed by atoms with van der Waals surface area (Å²) >= 11 is 6.11. The maximum absolute atomic E-state index is 6.11. The summed E-state index contributed by atoms with van der Waals surface area (Å²) in [4.78, 5) is 0. The largest absolute Gasteiger partial charge is 0.118 e. The fraction of sp³-hybridized carbons (Fsp3) is 0.538. The first kappa shape index (κ1) is 8.79. The Morgan fingerprint density at radius 1 is 1.21 bits per heavy atom. The Hall–Kier alpha value is -0.490. The van der Waals surface area contributed by atoms with E-state index in [0.29, 0.717) is 0 Å². The summed E-state index contributed by atoms with van der Waals surface area (Å²) in [6.07, 6.45) is 4.21. The molecule has 0 nitrogen and oxygen atoms in total. The molecule has 0 saturated heterocycles. The molecule has 2 aliphatic rings. The summed E-state index contributed by atoms with van der Waals surface area (Å²) in [7, 11) is 0. The van der Waals surface area contributed by atoms with E-state index in [1.165, 1.54) is 24.8 Å². The molecule has 0 spiro atoms. The van der Waals surface area contributed by atoms with Gasteiger partial charge in [-0.3, -0.25) is 0 Å². The third-order valence-corrected chi connectivity index (χ3v) is 4.13. The van der Waals surface area contributed by atoms with Crippen LogP contribution in [-0.2, 0) is 0 Å². The maximum atomic E-state index is 6.11. The number of alkyl halides is 1. The van der Waals surface area contributed by atoms with Crippen molar-refractivity contribution in [1.29, 1.82) is 0 Å². The summed E-state index contributed by atoms with van der Waals surface area (Å²) in [5.74, 6) is 1.72. The molecular weight excluding hydrogens is 192 g/mol. The highest BCUT2D eigenvalue weighted by Crippen LogP contribution is 2.53. The molecule has 14 heavy (non-hydrogen) atoms. The average molecular weight is 207 g/mol. The maximum Gasteiger partial charge on any atom is 0.0557 e. The number of rotatable bonds is 1. The topological polar surface area (TPSA) is 0 Å². The summed E-state index contributed by atoms with van der Waals surface area (Å²) in [6, 6.07) is 6.86. The Kier molecular flexibility index (Phi) is 1.88. The summed E-state index contributed by atoms with van der Waals surface area (Å²) in [5.41, 5.74) is 4.51. The Labute approximate surface area is 90.3 Å². The predicted molar refractivity (Wildman–Crippen MR) is 60.0 cm³/mol. The SMILES string of the molecule is CC(Cl)c1ccc2c(c1)C1CCC2C1. The molecule has 0 aromatic heterocycles. The van der Waals surface area contributed by atoms with E-state index in [-0.39, 0.29) is 5.38 Å². The first-order chi connectivity index (χ1) is 6.75. The smallest absolute Gasteiger partial charge is 0.0557 e. The van der Waals surface area contributed by atoms with Gasteiger partial charge in [0.15, 0.2) is 0 Å². The van der Waals surface area contributed by atoms with Crippen molar-refractivity contribution in [3.05, 3.63) is 34.9 Å². The number of halogens is 1. The van der Waals surface area contributed by atoms with Crippen LogP contribution in [0.1, 0.15) is 60.1 Å². The van der Waals surface area contributed by atoms with Crippen LogP contribution in [0.4, 0.5) is 0 Å². The third kappa shape index (κ3) is 1.13. The van der Waals surface area contributed by atoms with Crippen molar-refractivity contribution in [3.63, 3.8) is 0 Å². The van der Waals surface area contributed by atoms with E-state index in [9.17, 15) is 0 Å². The normalized spacial score (nSPS) is 30.4. The molecule has 0 heterocycles. The average Bonchev–Trinajstić information content (AvgIpc) is 2.77. The first-order valence-corrected chi connectivity index (χ1v) is 5.97. The van der Waals surface area contributed by atoms with Gasteiger partial charge in [0.05, 0.1) is 5.38 Å². The molecule has 1 aromatic carbocycles. The van der Waals surface area contributed by atoms with Crippen LogP contribution >= 0.6 is 11.6 Å². The van der Waals surface area contributed by atoms with Crippen LogP contribution in [0.15, 0.2) is 18.2 Å². The van der Waals surface area contributed by atoms with Crippen molar-refractivity contribution in [3.8, 4) is 0 Å². The molecule has 3 rings (SSSR count). The molecule has 0 amide bonds. The zero-order chi connectivity index (χ0) is 9.71. The van der Waals surface area contributed by atoms with Gasteiger partial charge < -0.3 is 0 Å². The Morgan fingerprint density at radius 2 is 1.93 bits per heavy atom. The van der Waals surface area contributed by atoms with E-state index in [2.05, 4.69) is 25.1 Å². The van der Waals surface area contributed by atoms with Gasteiger partial charge in [-0.15, -0.1) is 11.6 Å². The Bertz CT molecular complexity index is 367. The first-order valence-electron chi connectivity index (χ1n) is 5.53. The van der Waals surface area contributed by atoms with Crippen LogP contribution in [0, 0.1) is 0 Å². The summed E-state index contributed by atoms with van der Waals surface area (Å²) < 4.78 is 0. The van der Waals surface area contributed by atoms with E-state index < -0.39 is 0 Å². The minimum Gasteiger partial charge on any atom is -0.118 e. The number of fused-ring (bicyclic) bond motifs is 5. The van der Waals surface area contributed by atoms with Crippen LogP contribution in [0.5, 0.6) is 0 Å². The van der Waals surface area contributed by atoms with Gasteiger partial charge in [0.25, 0.3) is 0 Å². The lowest BCUT2D eigenvalue weighted by Crippen LogP contribution is -1.99. The molecule has 0 N–H and O–H groups in total. The van der Waals surface area contributed by atoms with E-state index >= 15 is 0 Å². The van der Waals surface area contributed by atoms with Crippen molar-refractivity contribution in [2.45, 2.75) is 43.4 Å². The molecule has 1 heteroatoms. The fourth-order valence-corrected chi connectivity index (χ4v) is 3.25. The van der Waals surface area contributed by atoms with Gasteiger partial charge >= 0.3 is 0 Å². The van der Waals surface area contributed by atoms with Crippen LogP contribution in [0.3, 0.4) is 0 Å². The molecular formula is C13H15Cl. The lowest BCUT2D eigenvalue weighted by molar-refractivity contribution is 0.716. The lowest BCUT2D eigenvalue weighted by Gasteiger charge is -2.16. The van der Waals surface area contributed by atoms with Gasteiger partial charge in [-0.2, -0.15) is 0 Å². The second-order valence-corrected chi connectivity index (χ2v) is 5.37. The van der Waals surface area contributed by atoms with Crippen LogP contribution in [-0.4, -0.2) is 0 Å². The molecule has 1 fully saturated rings. The minimum atomic E-state index is 0.152. The standard InChI is InChI=1S/C13H15Cl/c1-8(14)9-4-5-12-10-2-3-11(6-10)13(12)7-9/h4-5,7-8,10-11H,2-3,6H2,1H3. The highest BCUT2D eigenvalue weighted by Gasteiger charge is 2.36. The van der Waals surface area contributed by atoms with Crippen molar-refractivity contribution < 1.29 is 0 Å². The zero-order valence-corrected chi connectivity index (χ0v) is 9.22. The van der Waals surface area contributed by atoms with E-state index in [4.69, 9.17) is 11.6 Å². The highest BCUT2D eigenvalue weighted by atomic mass is 35.5. The Balaban J connectivity index is 2.08.